The van der Waals surface area contributed by atoms with Crippen molar-refractivity contribution in [1.82, 2.24) is 0 Å². The molecule has 0 radical (unpaired) electrons. The number of carbonyl (C=O) groups is 1. The first-order valence-electron chi connectivity index (χ1n) is 15.4. The lowest BCUT2D eigenvalue weighted by molar-refractivity contribution is -0.384. The predicted molar refractivity (Wildman–Crippen MR) is 175 cm³/mol. The van der Waals surface area contributed by atoms with E-state index in [1.807, 2.05) is 57.2 Å². The summed E-state index contributed by atoms with van der Waals surface area (Å²) in [5.74, 6) is -0.768. The Morgan fingerprint density at radius 1 is 1.09 bits per heavy atom. The van der Waals surface area contributed by atoms with Crippen LogP contribution in [0.5, 0.6) is 5.75 Å². The summed E-state index contributed by atoms with van der Waals surface area (Å²) in [6.07, 6.45) is 2.85. The molecule has 0 spiro atoms. The van der Waals surface area contributed by atoms with Crippen LogP contribution in [0.15, 0.2) is 60.7 Å². The molecule has 1 fully saturated rings. The Balaban J connectivity index is 1.76. The molecule has 0 bridgehead atoms. The number of nitrogens with zero attached hydrogens (tertiary/aromatic N) is 1. The largest absolute Gasteiger partial charge is 0.497 e. The van der Waals surface area contributed by atoms with Gasteiger partial charge in [-0.2, -0.15) is 0 Å². The van der Waals surface area contributed by atoms with E-state index in [0.717, 1.165) is 11.3 Å². The molecule has 10 nitrogen and oxygen atoms in total. The van der Waals surface area contributed by atoms with E-state index in [0.29, 0.717) is 26.1 Å². The zero-order valence-electron chi connectivity index (χ0n) is 28.0. The van der Waals surface area contributed by atoms with Gasteiger partial charge >= 0.3 is 5.97 Å². The normalized spacial score (nSPS) is 19.8. The number of non-ortho nitro benzene ring substituents is 1. The molecular weight excluding hydrogens is 594 g/mol. The zero-order valence-corrected chi connectivity index (χ0v) is 29.0. The number of nitro benzene ring substituents is 1. The molecule has 0 aliphatic carbocycles. The summed E-state index contributed by atoms with van der Waals surface area (Å²) < 4.78 is 36.3. The average Bonchev–Trinajstić information content (AvgIpc) is 3.29. The number of esters is 1. The van der Waals surface area contributed by atoms with Crippen molar-refractivity contribution in [2.75, 3.05) is 13.7 Å². The maximum atomic E-state index is 13.3. The molecule has 2 aromatic carbocycles. The smallest absolute Gasteiger partial charge is 0.338 e. The van der Waals surface area contributed by atoms with Crippen molar-refractivity contribution in [3.63, 3.8) is 0 Å². The third kappa shape index (κ3) is 10.7. The van der Waals surface area contributed by atoms with E-state index in [4.69, 9.17) is 28.1 Å². The molecule has 0 unspecified atom stereocenters. The van der Waals surface area contributed by atoms with Crippen molar-refractivity contribution in [3.05, 3.63) is 81.9 Å². The molecule has 45 heavy (non-hydrogen) atoms. The van der Waals surface area contributed by atoms with E-state index in [2.05, 4.69) is 33.9 Å². The van der Waals surface area contributed by atoms with Gasteiger partial charge in [0.25, 0.3) is 5.69 Å². The minimum atomic E-state index is -1.86. The van der Waals surface area contributed by atoms with Crippen molar-refractivity contribution in [3.8, 4) is 5.75 Å². The molecular formula is C34H49NO9Si. The third-order valence-corrected chi connectivity index (χ3v) is 12.8. The molecule has 0 N–H and O–H groups in total. The standard InChI is InChI=1S/C34H49NO9Si/c1-24(40-23-25-13-19-28(39-7)20-14-25)22-30(42-32(36)26-15-17-27(18-16-26)35(37)38)31-29(43-34(5,6)44-31)12-10-11-21-41-45(8,9)33(2,3)4/h10,12-20,24,29-31H,11,21-23H2,1-9H3/b12-10+/t24-,29+,30+,31-/m1/s1. The maximum absolute atomic E-state index is 13.3. The van der Waals surface area contributed by atoms with E-state index >= 15 is 0 Å². The van der Waals surface area contributed by atoms with Crippen molar-refractivity contribution in [2.24, 2.45) is 0 Å². The van der Waals surface area contributed by atoms with Gasteiger partial charge in [0, 0.05) is 25.2 Å². The Morgan fingerprint density at radius 3 is 2.31 bits per heavy atom. The summed E-state index contributed by atoms with van der Waals surface area (Å²) in [5.41, 5.74) is 1.07. The highest BCUT2D eigenvalue weighted by Gasteiger charge is 2.46. The van der Waals surface area contributed by atoms with Crippen LogP contribution in [0.2, 0.25) is 18.1 Å². The SMILES string of the molecule is COc1ccc(CO[C@H](C)C[C@H](OC(=O)c2ccc([N+](=O)[O-])cc2)[C@@H]2OC(C)(C)O[C@H]2/C=C/CCO[Si](C)(C)C(C)(C)C)cc1. The van der Waals surface area contributed by atoms with Gasteiger partial charge in [-0.1, -0.05) is 45.1 Å². The van der Waals surface area contributed by atoms with Gasteiger partial charge in [-0.3, -0.25) is 10.1 Å². The van der Waals surface area contributed by atoms with Crippen molar-refractivity contribution < 1.29 is 37.8 Å². The fourth-order valence-electron chi connectivity index (χ4n) is 4.61. The van der Waals surface area contributed by atoms with Crippen LogP contribution in [0.25, 0.3) is 0 Å². The second-order valence-corrected chi connectivity index (χ2v) is 18.2. The van der Waals surface area contributed by atoms with E-state index in [-0.39, 0.29) is 22.4 Å². The number of ether oxygens (including phenoxy) is 5. The lowest BCUT2D eigenvalue weighted by atomic mass is 10.0. The summed E-state index contributed by atoms with van der Waals surface area (Å²) in [6.45, 7) is 17.6. The number of hydrogen-bond donors (Lipinski definition) is 0. The highest BCUT2D eigenvalue weighted by Crippen LogP contribution is 2.37. The fraction of sp³-hybridized carbons (Fsp3) is 0.559. The number of rotatable bonds is 15. The van der Waals surface area contributed by atoms with E-state index in [1.54, 1.807) is 7.11 Å². The Kier molecular flexibility index (Phi) is 12.5. The lowest BCUT2D eigenvalue weighted by Crippen LogP contribution is -2.41. The molecule has 2 aromatic rings. The Bertz CT molecular complexity index is 1290. The summed E-state index contributed by atoms with van der Waals surface area (Å²) in [6, 6.07) is 12.9. The van der Waals surface area contributed by atoms with Crippen LogP contribution in [0.1, 0.15) is 70.3 Å². The fourth-order valence-corrected chi connectivity index (χ4v) is 5.67. The minimum Gasteiger partial charge on any atom is -0.497 e. The highest BCUT2D eigenvalue weighted by molar-refractivity contribution is 6.74. The van der Waals surface area contributed by atoms with Crippen molar-refractivity contribution >= 4 is 20.0 Å². The molecule has 1 heterocycles. The molecule has 248 valence electrons. The van der Waals surface area contributed by atoms with Crippen molar-refractivity contribution in [2.45, 2.75) is 109 Å². The first kappa shape index (κ1) is 36.4. The van der Waals surface area contributed by atoms with Crippen LogP contribution >= 0.6 is 0 Å². The van der Waals surface area contributed by atoms with Gasteiger partial charge in [-0.25, -0.2) is 4.79 Å². The molecule has 1 aliphatic rings. The summed E-state index contributed by atoms with van der Waals surface area (Å²) >= 11 is 0. The van der Waals surface area contributed by atoms with E-state index in [9.17, 15) is 14.9 Å². The van der Waals surface area contributed by atoms with Crippen LogP contribution in [0.4, 0.5) is 5.69 Å². The number of carbonyl (C=O) groups excluding carboxylic acids is 1. The van der Waals surface area contributed by atoms with Crippen LogP contribution < -0.4 is 4.74 Å². The highest BCUT2D eigenvalue weighted by atomic mass is 28.4. The number of benzene rings is 2. The number of nitro groups is 1. The average molecular weight is 644 g/mol. The molecule has 0 amide bonds. The van der Waals surface area contributed by atoms with Gasteiger partial charge in [-0.05, 0) is 75.2 Å². The van der Waals surface area contributed by atoms with Gasteiger partial charge in [0.15, 0.2) is 14.1 Å². The van der Waals surface area contributed by atoms with Crippen LogP contribution in [-0.4, -0.2) is 63.1 Å². The minimum absolute atomic E-state index is 0.110. The third-order valence-electron chi connectivity index (χ3n) is 8.24. The molecule has 11 heteroatoms. The maximum Gasteiger partial charge on any atom is 0.338 e. The second kappa shape index (κ2) is 15.5. The van der Waals surface area contributed by atoms with Gasteiger partial charge in [0.05, 0.1) is 30.3 Å². The van der Waals surface area contributed by atoms with Crippen molar-refractivity contribution in [1.29, 1.82) is 0 Å². The van der Waals surface area contributed by atoms with Gasteiger partial charge in [-0.15, -0.1) is 0 Å². The molecule has 4 atom stereocenters. The van der Waals surface area contributed by atoms with Gasteiger partial charge in [0.1, 0.15) is 24.1 Å². The molecule has 1 aliphatic heterocycles. The summed E-state index contributed by atoms with van der Waals surface area (Å²) in [5, 5.41) is 11.2. The van der Waals surface area contributed by atoms with Crippen LogP contribution in [-0.2, 0) is 30.0 Å². The van der Waals surface area contributed by atoms with Crippen LogP contribution in [0, 0.1) is 10.1 Å². The Hall–Kier alpha value is -3.09. The lowest BCUT2D eigenvalue weighted by Gasteiger charge is -2.36. The first-order valence-corrected chi connectivity index (χ1v) is 18.3. The summed E-state index contributed by atoms with van der Waals surface area (Å²) in [7, 11) is -0.244. The molecule has 1 saturated heterocycles. The van der Waals surface area contributed by atoms with E-state index in [1.165, 1.54) is 24.3 Å². The first-order chi connectivity index (χ1) is 21.0. The quantitative estimate of drug-likeness (QED) is 0.0483. The zero-order chi connectivity index (χ0) is 33.4. The second-order valence-electron chi connectivity index (χ2n) is 13.3. The number of methoxy groups -OCH3 is 1. The predicted octanol–water partition coefficient (Wildman–Crippen LogP) is 7.61. The molecule has 0 aromatic heterocycles. The number of hydrogen-bond acceptors (Lipinski definition) is 9. The molecule has 3 rings (SSSR count). The Labute approximate surface area is 268 Å². The summed E-state index contributed by atoms with van der Waals surface area (Å²) in [4.78, 5) is 23.9. The van der Waals surface area contributed by atoms with Gasteiger partial charge < -0.3 is 28.1 Å². The van der Waals surface area contributed by atoms with E-state index < -0.39 is 43.3 Å². The van der Waals surface area contributed by atoms with Crippen LogP contribution in [0.3, 0.4) is 0 Å². The molecule has 0 saturated carbocycles. The topological polar surface area (TPSA) is 116 Å². The van der Waals surface area contributed by atoms with Gasteiger partial charge in [0.2, 0.25) is 0 Å². The Morgan fingerprint density at radius 2 is 1.73 bits per heavy atom. The monoisotopic (exact) mass is 643 g/mol.